The van der Waals surface area contributed by atoms with Gasteiger partial charge in [0.15, 0.2) is 6.29 Å². The molecule has 21 heteroatoms. The monoisotopic (exact) mass is 1110 g/mol. The molecular formula is C58H87FN6O14. The Morgan fingerprint density at radius 2 is 1.68 bits per heavy atom. The number of pyridine rings is 2. The number of ether oxygens (including phenoxy) is 5. The molecule has 79 heavy (non-hydrogen) atoms. The second kappa shape index (κ2) is 27.6. The summed E-state index contributed by atoms with van der Waals surface area (Å²) >= 11 is 0. The molecule has 0 bridgehead atoms. The number of carboxylic acid groups (broad SMARTS) is 1. The maximum absolute atomic E-state index is 15.3. The number of benzene rings is 1. The molecule has 6 rings (SSSR count). The summed E-state index contributed by atoms with van der Waals surface area (Å²) in [6, 6.07) is 6.81. The molecule has 14 atom stereocenters. The number of esters is 3. The number of fused-ring (bicyclic) bond motifs is 1. The fourth-order valence-electron chi connectivity index (χ4n) is 11.6. The van der Waals surface area contributed by atoms with Crippen LogP contribution in [0.15, 0.2) is 47.5 Å². The topological polar surface area (TPSA) is 261 Å². The number of aromatic nitrogens is 2. The molecule has 3 fully saturated rings. The second-order valence-corrected chi connectivity index (χ2v) is 23.2. The number of aromatic carboxylic acids is 1. The molecule has 3 aliphatic rings. The van der Waals surface area contributed by atoms with Crippen LogP contribution in [0.2, 0.25) is 0 Å². The number of nitrogens with zero attached hydrogens (tertiary/aromatic N) is 4. The first-order chi connectivity index (χ1) is 37.3. The van der Waals surface area contributed by atoms with E-state index in [2.05, 4.69) is 15.6 Å². The molecule has 0 spiro atoms. The van der Waals surface area contributed by atoms with Crippen LogP contribution in [-0.2, 0) is 44.5 Å². The zero-order chi connectivity index (χ0) is 58.1. The molecule has 20 nitrogen and oxygen atoms in total. The van der Waals surface area contributed by atoms with Gasteiger partial charge in [-0.05, 0) is 150 Å². The lowest BCUT2D eigenvalue weighted by molar-refractivity contribution is -0.301. The Morgan fingerprint density at radius 3 is 2.33 bits per heavy atom. The lowest BCUT2D eigenvalue weighted by atomic mass is 9.77. The summed E-state index contributed by atoms with van der Waals surface area (Å²) in [6.45, 7) is 15.6. The normalized spacial score (nSPS) is 31.5. The van der Waals surface area contributed by atoms with E-state index in [4.69, 9.17) is 23.7 Å². The predicted molar refractivity (Wildman–Crippen MR) is 294 cm³/mol. The number of halogens is 1. The first-order valence-electron chi connectivity index (χ1n) is 28.1. The first kappa shape index (κ1) is 63.1. The first-order valence-corrected chi connectivity index (χ1v) is 28.1. The summed E-state index contributed by atoms with van der Waals surface area (Å²) in [5.74, 6) is -6.55. The summed E-state index contributed by atoms with van der Waals surface area (Å²) < 4.78 is 49.4. The van der Waals surface area contributed by atoms with Crippen molar-refractivity contribution in [2.24, 2.45) is 17.8 Å². The van der Waals surface area contributed by atoms with Gasteiger partial charge < -0.3 is 69.1 Å². The number of hydrogen-bond donors (Lipinski definition) is 6. The minimum Gasteiger partial charge on any atom is -0.477 e. The average Bonchev–Trinajstić information content (AvgIpc) is 4.34. The van der Waals surface area contributed by atoms with E-state index in [9.17, 15) is 44.4 Å². The van der Waals surface area contributed by atoms with E-state index in [1.807, 2.05) is 44.8 Å². The Bertz CT molecular complexity index is 2600. The zero-order valence-corrected chi connectivity index (χ0v) is 48.0. The molecule has 2 saturated heterocycles. The highest BCUT2D eigenvalue weighted by Crippen LogP contribution is 2.41. The number of carbonyl (C=O) groups excluding carboxylic acids is 3. The minimum atomic E-state index is -1.91. The van der Waals surface area contributed by atoms with Crippen LogP contribution < -0.4 is 16.1 Å². The SMILES string of the molecule is CC[C@H]1OC(=O)[C@H](C)[C@@H](OC(=O)Cc2ccccn2)[C@H](C)[C@@H](O[C@@H]2O[C@H](C)C[C@H](N(C)C)[C@H]2O)[C@](C)(OC(=O)CCCNCCCCNc2cc3c(cc2F)c(=O)c(C(=O)O)cn3C2CC2)C[C@@H](C)CN(C)[C@H](C)[C@@H](O)[C@]1(C)O. The highest BCUT2D eigenvalue weighted by Gasteiger charge is 2.53. The van der Waals surface area contributed by atoms with Crippen molar-refractivity contribution in [1.29, 1.82) is 0 Å². The van der Waals surface area contributed by atoms with Gasteiger partial charge in [-0.2, -0.15) is 0 Å². The maximum Gasteiger partial charge on any atom is 0.341 e. The molecule has 2 aliphatic heterocycles. The summed E-state index contributed by atoms with van der Waals surface area (Å²) in [6.07, 6.45) is -1.00. The molecule has 1 saturated carbocycles. The second-order valence-electron chi connectivity index (χ2n) is 23.2. The van der Waals surface area contributed by atoms with Gasteiger partial charge in [-0.15, -0.1) is 0 Å². The maximum atomic E-state index is 15.3. The Hall–Kier alpha value is -5.13. The van der Waals surface area contributed by atoms with E-state index in [1.165, 1.54) is 13.1 Å². The van der Waals surface area contributed by atoms with Crippen molar-refractivity contribution >= 4 is 40.5 Å². The number of carbonyl (C=O) groups is 4. The quantitative estimate of drug-likeness (QED) is 0.0466. The Morgan fingerprint density at radius 1 is 0.987 bits per heavy atom. The summed E-state index contributed by atoms with van der Waals surface area (Å²) in [7, 11) is 5.51. The van der Waals surface area contributed by atoms with Gasteiger partial charge in [0.2, 0.25) is 5.43 Å². The van der Waals surface area contributed by atoms with Crippen molar-refractivity contribution in [2.75, 3.05) is 52.6 Å². The van der Waals surface area contributed by atoms with Gasteiger partial charge in [0.05, 0.1) is 35.3 Å². The predicted octanol–water partition coefficient (Wildman–Crippen LogP) is 5.46. The number of aliphatic hydroxyl groups is 3. The number of cyclic esters (lactones) is 1. The standard InChI is InChI=1S/C58H87FN6O14/c1-12-46-58(8,74)52(70)37(6)64(11)31-33(2)30-57(7,79-47(66)19-17-23-60-22-15-16-25-62-43-29-44-40(28-42(43)59)49(68)41(54(71)72)32-65(44)39-20-21-39)53(78-56-50(69)45(63(9)10)26-34(3)75-56)35(4)51(36(5)55(73)76-46)77-48(67)27-38-18-13-14-24-61-38/h13-14,18,24,28-29,32-37,39,45-46,50-53,56,60,62,69-70,74H,12,15-17,19-23,25-27,30-31H2,1-11H3,(H,71,72)/t33-,34-,35+,36-,37-,45+,46-,50-,51+,52-,53-,56+,57-,58-/m1/s1. The van der Waals surface area contributed by atoms with Crippen LogP contribution in [0.5, 0.6) is 0 Å². The number of carboxylic acids is 1. The number of nitrogens with one attached hydrogen (secondary N) is 2. The fraction of sp³-hybridized carbons (Fsp3) is 0.690. The van der Waals surface area contributed by atoms with E-state index >= 15 is 4.39 Å². The van der Waals surface area contributed by atoms with Gasteiger partial charge in [-0.3, -0.25) is 24.2 Å². The van der Waals surface area contributed by atoms with E-state index in [0.29, 0.717) is 63.1 Å². The third kappa shape index (κ3) is 15.9. The van der Waals surface area contributed by atoms with Crippen molar-refractivity contribution in [3.63, 3.8) is 0 Å². The van der Waals surface area contributed by atoms with Crippen molar-refractivity contribution in [3.05, 3.63) is 70.0 Å². The molecule has 440 valence electrons. The van der Waals surface area contributed by atoms with E-state index in [1.54, 1.807) is 69.6 Å². The van der Waals surface area contributed by atoms with Crippen LogP contribution >= 0.6 is 0 Å². The third-order valence-electron chi connectivity index (χ3n) is 16.2. The van der Waals surface area contributed by atoms with Crippen LogP contribution in [0.4, 0.5) is 10.1 Å². The molecule has 0 unspecified atom stereocenters. The van der Waals surface area contributed by atoms with Gasteiger partial charge in [0, 0.05) is 61.3 Å². The molecule has 1 aliphatic carbocycles. The smallest absolute Gasteiger partial charge is 0.341 e. The number of likely N-dealkylation sites (N-methyl/N-ethyl adjacent to an activating group) is 2. The molecule has 1 aromatic carbocycles. The van der Waals surface area contributed by atoms with Crippen LogP contribution in [0.25, 0.3) is 10.9 Å². The fourth-order valence-corrected chi connectivity index (χ4v) is 11.6. The lowest BCUT2D eigenvalue weighted by Crippen LogP contribution is -2.60. The Balaban J connectivity index is 1.21. The molecule has 2 aromatic heterocycles. The molecule has 3 aromatic rings. The summed E-state index contributed by atoms with van der Waals surface area (Å²) in [4.78, 5) is 75.6. The molecular weight excluding hydrogens is 1020 g/mol. The highest BCUT2D eigenvalue weighted by molar-refractivity contribution is 5.93. The minimum absolute atomic E-state index is 0.00904. The van der Waals surface area contributed by atoms with Gasteiger partial charge in [-0.25, -0.2) is 9.18 Å². The highest BCUT2D eigenvalue weighted by atomic mass is 19.1. The number of rotatable bonds is 20. The van der Waals surface area contributed by atoms with Gasteiger partial charge in [0.25, 0.3) is 0 Å². The molecule has 6 N–H and O–H groups in total. The van der Waals surface area contributed by atoms with E-state index < -0.39 is 101 Å². The van der Waals surface area contributed by atoms with Crippen molar-refractivity contribution in [1.82, 2.24) is 24.7 Å². The van der Waals surface area contributed by atoms with Crippen molar-refractivity contribution in [3.8, 4) is 0 Å². The van der Waals surface area contributed by atoms with Crippen molar-refractivity contribution in [2.45, 2.75) is 192 Å². The van der Waals surface area contributed by atoms with Crippen LogP contribution in [0.3, 0.4) is 0 Å². The number of aliphatic hydroxyl groups excluding tert-OH is 2. The molecule has 4 heterocycles. The van der Waals surface area contributed by atoms with Gasteiger partial charge in [-0.1, -0.05) is 26.8 Å². The van der Waals surface area contributed by atoms with E-state index in [0.717, 1.165) is 18.9 Å². The average molecular weight is 1110 g/mol. The number of unbranched alkanes of at least 4 members (excludes halogenated alkanes) is 1. The zero-order valence-electron chi connectivity index (χ0n) is 48.0. The van der Waals surface area contributed by atoms with Crippen LogP contribution in [0, 0.1) is 23.6 Å². The Labute approximate surface area is 463 Å². The number of anilines is 1. The van der Waals surface area contributed by atoms with Crippen molar-refractivity contribution < 1.29 is 67.7 Å². The number of hydrogen-bond acceptors (Lipinski definition) is 18. The molecule has 0 radical (unpaired) electrons. The van der Waals surface area contributed by atoms with E-state index in [-0.39, 0.29) is 66.4 Å². The molecule has 0 amide bonds. The largest absolute Gasteiger partial charge is 0.477 e. The Kier molecular flexibility index (Phi) is 22.0. The van der Waals surface area contributed by atoms with Crippen LogP contribution in [-0.4, -0.2) is 177 Å². The van der Waals surface area contributed by atoms with Crippen LogP contribution in [0.1, 0.15) is 135 Å². The summed E-state index contributed by atoms with van der Waals surface area (Å²) in [5.41, 5.74) is -3.45. The van der Waals surface area contributed by atoms with Gasteiger partial charge in [0.1, 0.15) is 53.1 Å². The van der Waals surface area contributed by atoms with Gasteiger partial charge >= 0.3 is 23.9 Å². The third-order valence-corrected chi connectivity index (χ3v) is 16.2. The summed E-state index contributed by atoms with van der Waals surface area (Å²) in [5, 5.41) is 51.7. The lowest BCUT2D eigenvalue weighted by Gasteiger charge is -2.48.